The molecule has 0 unspecified atom stereocenters. The molecule has 3 rings (SSSR count). The zero-order chi connectivity index (χ0) is 10.3. The van der Waals surface area contributed by atoms with Gasteiger partial charge in [-0.3, -0.25) is 0 Å². The molecule has 0 nitrogen and oxygen atoms in total. The lowest BCUT2D eigenvalue weighted by Crippen LogP contribution is -1.80. The molecule has 0 atom stereocenters. The Balaban J connectivity index is 2.60. The third-order valence-corrected chi connectivity index (χ3v) is 2.94. The topological polar surface area (TPSA) is 0 Å². The molecule has 3 aromatic rings. The summed E-state index contributed by atoms with van der Waals surface area (Å²) in [4.78, 5) is 0. The molecule has 0 aromatic heterocycles. The Bertz CT molecular complexity index is 636. The number of aryl methyl sites for hydroxylation is 1. The molecule has 0 spiro atoms. The molecule has 15 heavy (non-hydrogen) atoms. The van der Waals surface area contributed by atoms with Gasteiger partial charge in [-0.05, 0) is 46.2 Å². The first-order chi connectivity index (χ1) is 7.36. The molecule has 0 heteroatoms. The Hall–Kier alpha value is -1.82. The van der Waals surface area contributed by atoms with Crippen LogP contribution >= 0.6 is 0 Å². The van der Waals surface area contributed by atoms with Crippen molar-refractivity contribution in [2.24, 2.45) is 0 Å². The molecular weight excluding hydrogens is 180 g/mol. The summed E-state index contributed by atoms with van der Waals surface area (Å²) in [7, 11) is 0. The average molecular weight is 191 g/mol. The van der Waals surface area contributed by atoms with Gasteiger partial charge in [0.1, 0.15) is 0 Å². The Kier molecular flexibility index (Phi) is 1.75. The van der Waals surface area contributed by atoms with Crippen LogP contribution in [0.3, 0.4) is 0 Å². The van der Waals surface area contributed by atoms with Gasteiger partial charge >= 0.3 is 0 Å². The Morgan fingerprint density at radius 2 is 1.80 bits per heavy atom. The number of rotatable bonds is 0. The highest BCUT2D eigenvalue weighted by Crippen LogP contribution is 2.26. The lowest BCUT2D eigenvalue weighted by atomic mass is 9.99. The van der Waals surface area contributed by atoms with E-state index in [0.717, 1.165) is 0 Å². The van der Waals surface area contributed by atoms with Crippen molar-refractivity contribution >= 4 is 21.5 Å². The van der Waals surface area contributed by atoms with Crippen molar-refractivity contribution in [2.75, 3.05) is 0 Å². The normalized spacial score (nSPS) is 11.0. The molecule has 0 fully saturated rings. The van der Waals surface area contributed by atoms with Crippen molar-refractivity contribution in [1.82, 2.24) is 0 Å². The quantitative estimate of drug-likeness (QED) is 0.469. The summed E-state index contributed by atoms with van der Waals surface area (Å²) in [6.45, 7) is 2.15. The smallest absolute Gasteiger partial charge is 0.00991 e. The summed E-state index contributed by atoms with van der Waals surface area (Å²) in [6, 6.07) is 20.1. The third kappa shape index (κ3) is 1.22. The zero-order valence-electron chi connectivity index (χ0n) is 8.62. The van der Waals surface area contributed by atoms with Crippen molar-refractivity contribution in [2.45, 2.75) is 6.92 Å². The fourth-order valence-electron chi connectivity index (χ4n) is 2.13. The van der Waals surface area contributed by atoms with E-state index in [4.69, 9.17) is 0 Å². The second kappa shape index (κ2) is 3.09. The molecule has 0 aliphatic carbocycles. The molecule has 1 radical (unpaired) electrons. The molecule has 71 valence electrons. The van der Waals surface area contributed by atoms with E-state index in [9.17, 15) is 0 Å². The second-order valence-electron chi connectivity index (χ2n) is 3.88. The molecule has 0 heterocycles. The lowest BCUT2D eigenvalue weighted by molar-refractivity contribution is 1.54. The van der Waals surface area contributed by atoms with E-state index < -0.39 is 0 Å². The van der Waals surface area contributed by atoms with E-state index >= 15 is 0 Å². The van der Waals surface area contributed by atoms with E-state index in [1.807, 2.05) is 6.07 Å². The van der Waals surface area contributed by atoms with E-state index in [-0.39, 0.29) is 0 Å². The van der Waals surface area contributed by atoms with Crippen molar-refractivity contribution in [3.63, 3.8) is 0 Å². The Labute approximate surface area is 89.2 Å². The maximum absolute atomic E-state index is 3.15. The molecule has 0 N–H and O–H groups in total. The van der Waals surface area contributed by atoms with E-state index in [1.54, 1.807) is 0 Å². The van der Waals surface area contributed by atoms with Crippen LogP contribution in [0.25, 0.3) is 21.5 Å². The predicted octanol–water partition coefficient (Wildman–Crippen LogP) is 4.10. The number of hydrogen-bond donors (Lipinski definition) is 0. The highest BCUT2D eigenvalue weighted by molar-refractivity contribution is 6.08. The van der Waals surface area contributed by atoms with Crippen molar-refractivity contribution < 1.29 is 0 Å². The second-order valence-corrected chi connectivity index (χ2v) is 3.88. The maximum Gasteiger partial charge on any atom is -0.00991 e. The van der Waals surface area contributed by atoms with E-state index in [2.05, 4.69) is 55.5 Å². The summed E-state index contributed by atoms with van der Waals surface area (Å²) in [6.07, 6.45) is 0. The number of benzene rings is 3. The van der Waals surface area contributed by atoms with Gasteiger partial charge in [0.2, 0.25) is 0 Å². The highest BCUT2D eigenvalue weighted by Gasteiger charge is 2.00. The van der Waals surface area contributed by atoms with Crippen molar-refractivity contribution in [3.8, 4) is 0 Å². The summed E-state index contributed by atoms with van der Waals surface area (Å²) < 4.78 is 0. The number of hydrogen-bond acceptors (Lipinski definition) is 0. The molecule has 0 aliphatic rings. The van der Waals surface area contributed by atoms with Crippen LogP contribution in [-0.2, 0) is 0 Å². The molecule has 0 amide bonds. The Morgan fingerprint density at radius 3 is 2.73 bits per heavy atom. The zero-order valence-corrected chi connectivity index (χ0v) is 8.62. The Morgan fingerprint density at radius 1 is 0.867 bits per heavy atom. The van der Waals surface area contributed by atoms with Gasteiger partial charge in [-0.2, -0.15) is 0 Å². The van der Waals surface area contributed by atoms with Gasteiger partial charge in [-0.15, -0.1) is 0 Å². The van der Waals surface area contributed by atoms with Crippen LogP contribution in [0.5, 0.6) is 0 Å². The SMILES string of the molecule is Cc1cccc2c1ccc1cc[c]cc12. The van der Waals surface area contributed by atoms with Gasteiger partial charge in [0.25, 0.3) is 0 Å². The first kappa shape index (κ1) is 8.49. The minimum Gasteiger partial charge on any atom is -0.0613 e. The van der Waals surface area contributed by atoms with Crippen LogP contribution in [0.4, 0.5) is 0 Å². The van der Waals surface area contributed by atoms with Gasteiger partial charge in [-0.1, -0.05) is 42.5 Å². The van der Waals surface area contributed by atoms with Crippen molar-refractivity contribution in [1.29, 1.82) is 0 Å². The monoisotopic (exact) mass is 191 g/mol. The standard InChI is InChI=1S/C15H11/c1-11-5-4-8-15-13(11)10-9-12-6-2-3-7-14(12)15/h2,4-10H,1H3. The molecular formula is C15H11. The van der Waals surface area contributed by atoms with Gasteiger partial charge in [0.05, 0.1) is 0 Å². The van der Waals surface area contributed by atoms with E-state index in [1.165, 1.54) is 27.1 Å². The van der Waals surface area contributed by atoms with Gasteiger partial charge in [0.15, 0.2) is 0 Å². The van der Waals surface area contributed by atoms with E-state index in [0.29, 0.717) is 0 Å². The predicted molar refractivity (Wildman–Crippen MR) is 65.0 cm³/mol. The molecule has 0 saturated carbocycles. The van der Waals surface area contributed by atoms with Crippen LogP contribution in [0.1, 0.15) is 5.56 Å². The first-order valence-electron chi connectivity index (χ1n) is 5.14. The van der Waals surface area contributed by atoms with Gasteiger partial charge < -0.3 is 0 Å². The first-order valence-corrected chi connectivity index (χ1v) is 5.14. The van der Waals surface area contributed by atoms with Crippen LogP contribution in [0, 0.1) is 13.0 Å². The van der Waals surface area contributed by atoms with Crippen LogP contribution in [-0.4, -0.2) is 0 Å². The molecule has 0 saturated heterocycles. The fourth-order valence-corrected chi connectivity index (χ4v) is 2.13. The summed E-state index contributed by atoms with van der Waals surface area (Å²) >= 11 is 0. The van der Waals surface area contributed by atoms with Crippen LogP contribution in [0.2, 0.25) is 0 Å². The van der Waals surface area contributed by atoms with Gasteiger partial charge in [-0.25, -0.2) is 0 Å². The summed E-state index contributed by atoms with van der Waals surface area (Å²) in [5.74, 6) is 0. The largest absolute Gasteiger partial charge is 0.0613 e. The van der Waals surface area contributed by atoms with Crippen LogP contribution in [0.15, 0.2) is 48.5 Å². The molecule has 3 aromatic carbocycles. The number of fused-ring (bicyclic) bond motifs is 3. The third-order valence-electron chi connectivity index (χ3n) is 2.94. The molecule has 0 aliphatic heterocycles. The van der Waals surface area contributed by atoms with Crippen LogP contribution < -0.4 is 0 Å². The lowest BCUT2D eigenvalue weighted by Gasteiger charge is -2.05. The minimum absolute atomic E-state index is 1.28. The average Bonchev–Trinajstić information content (AvgIpc) is 2.29. The minimum atomic E-state index is 1.28. The van der Waals surface area contributed by atoms with Crippen molar-refractivity contribution in [3.05, 3.63) is 60.2 Å². The van der Waals surface area contributed by atoms with Gasteiger partial charge in [0, 0.05) is 0 Å². The fraction of sp³-hybridized carbons (Fsp3) is 0.0667. The summed E-state index contributed by atoms with van der Waals surface area (Å²) in [5.41, 5.74) is 1.33. The summed E-state index contributed by atoms with van der Waals surface area (Å²) in [5, 5.41) is 5.24. The highest BCUT2D eigenvalue weighted by atomic mass is 14.0. The molecule has 0 bridgehead atoms. The maximum atomic E-state index is 3.15.